The Morgan fingerprint density at radius 2 is 2.36 bits per heavy atom. The van der Waals surface area contributed by atoms with Crippen molar-refractivity contribution in [3.63, 3.8) is 0 Å². The van der Waals surface area contributed by atoms with E-state index in [9.17, 15) is 4.79 Å². The molecule has 2 aromatic heterocycles. The van der Waals surface area contributed by atoms with Crippen LogP contribution < -0.4 is 5.32 Å². The molecule has 1 N–H and O–H groups in total. The van der Waals surface area contributed by atoms with Gasteiger partial charge in [-0.15, -0.1) is 0 Å². The number of hydrogen-bond donors (Lipinski definition) is 1. The zero-order chi connectivity index (χ0) is 15.4. The lowest BCUT2D eigenvalue weighted by molar-refractivity contribution is -0.116. The van der Waals surface area contributed by atoms with Crippen LogP contribution >= 0.6 is 0 Å². The normalized spacial score (nSPS) is 21.0. The van der Waals surface area contributed by atoms with E-state index in [0.29, 0.717) is 18.2 Å². The Bertz CT molecular complexity index is 610. The molecule has 0 bridgehead atoms. The van der Waals surface area contributed by atoms with Crippen LogP contribution in [0.1, 0.15) is 32.6 Å². The molecule has 2 unspecified atom stereocenters. The third-order valence-corrected chi connectivity index (χ3v) is 3.81. The van der Waals surface area contributed by atoms with Crippen LogP contribution in [0.4, 0.5) is 5.69 Å². The average molecular weight is 300 g/mol. The van der Waals surface area contributed by atoms with Crippen LogP contribution in [-0.2, 0) is 9.53 Å². The molecule has 3 heterocycles. The number of nitrogens with zero attached hydrogens (tertiary/aromatic N) is 3. The molecule has 0 saturated carbocycles. The summed E-state index contributed by atoms with van der Waals surface area (Å²) in [5, 5.41) is 2.87. The van der Waals surface area contributed by atoms with E-state index in [1.807, 2.05) is 22.9 Å². The summed E-state index contributed by atoms with van der Waals surface area (Å²) >= 11 is 0. The first kappa shape index (κ1) is 14.7. The van der Waals surface area contributed by atoms with Gasteiger partial charge in [-0.2, -0.15) is 0 Å². The average Bonchev–Trinajstić information content (AvgIpc) is 3.17. The fourth-order valence-corrected chi connectivity index (χ4v) is 2.62. The summed E-state index contributed by atoms with van der Waals surface area (Å²) < 4.78 is 7.53. The van der Waals surface area contributed by atoms with Crippen molar-refractivity contribution < 1.29 is 9.53 Å². The van der Waals surface area contributed by atoms with Crippen molar-refractivity contribution in [2.45, 2.75) is 44.8 Å². The smallest absolute Gasteiger partial charge is 0.224 e. The lowest BCUT2D eigenvalue weighted by atomic mass is 10.1. The fraction of sp³-hybridized carbons (Fsp3) is 0.438. The van der Waals surface area contributed by atoms with Crippen LogP contribution in [0.5, 0.6) is 0 Å². The van der Waals surface area contributed by atoms with Crippen LogP contribution in [0.2, 0.25) is 0 Å². The maximum Gasteiger partial charge on any atom is 0.224 e. The number of anilines is 1. The Morgan fingerprint density at radius 3 is 3.00 bits per heavy atom. The summed E-state index contributed by atoms with van der Waals surface area (Å²) in [6.45, 7) is 2.08. The maximum absolute atomic E-state index is 12.0. The van der Waals surface area contributed by atoms with Gasteiger partial charge in [0.15, 0.2) is 0 Å². The van der Waals surface area contributed by atoms with Gasteiger partial charge < -0.3 is 10.1 Å². The van der Waals surface area contributed by atoms with Crippen molar-refractivity contribution in [2.24, 2.45) is 0 Å². The van der Waals surface area contributed by atoms with Crippen molar-refractivity contribution in [1.29, 1.82) is 0 Å². The topological polar surface area (TPSA) is 69.0 Å². The quantitative estimate of drug-likeness (QED) is 0.921. The van der Waals surface area contributed by atoms with Gasteiger partial charge in [-0.25, -0.2) is 9.97 Å². The van der Waals surface area contributed by atoms with Gasteiger partial charge in [0, 0.05) is 18.8 Å². The molecule has 1 aliphatic rings. The van der Waals surface area contributed by atoms with E-state index in [2.05, 4.69) is 22.2 Å². The highest BCUT2D eigenvalue weighted by Gasteiger charge is 2.22. The SMILES string of the molecule is CC1CCC(CCC(=O)Nc2ccc(-n3ccnc3)nc2)O1. The number of amides is 1. The molecule has 1 aliphatic heterocycles. The highest BCUT2D eigenvalue weighted by atomic mass is 16.5. The number of nitrogens with one attached hydrogen (secondary N) is 1. The Kier molecular flexibility index (Phi) is 4.48. The van der Waals surface area contributed by atoms with E-state index >= 15 is 0 Å². The van der Waals surface area contributed by atoms with Crippen molar-refractivity contribution >= 4 is 11.6 Å². The Morgan fingerprint density at radius 1 is 1.45 bits per heavy atom. The Labute approximate surface area is 129 Å². The Hall–Kier alpha value is -2.21. The molecule has 0 aromatic carbocycles. The number of ether oxygens (including phenoxy) is 1. The molecule has 3 rings (SSSR count). The van der Waals surface area contributed by atoms with E-state index in [-0.39, 0.29) is 12.0 Å². The van der Waals surface area contributed by atoms with Gasteiger partial charge in [0.1, 0.15) is 12.1 Å². The maximum atomic E-state index is 12.0. The van der Waals surface area contributed by atoms with E-state index in [1.54, 1.807) is 18.7 Å². The van der Waals surface area contributed by atoms with Crippen LogP contribution in [0.15, 0.2) is 37.1 Å². The summed E-state index contributed by atoms with van der Waals surface area (Å²) in [6.07, 6.45) is 10.8. The van der Waals surface area contributed by atoms with Gasteiger partial charge in [-0.3, -0.25) is 9.36 Å². The first-order chi connectivity index (χ1) is 10.7. The molecule has 0 spiro atoms. The van der Waals surface area contributed by atoms with Crippen LogP contribution in [-0.4, -0.2) is 32.7 Å². The second-order valence-electron chi connectivity index (χ2n) is 5.61. The molecule has 6 nitrogen and oxygen atoms in total. The van der Waals surface area contributed by atoms with Crippen LogP contribution in [0.25, 0.3) is 5.82 Å². The summed E-state index contributed by atoms with van der Waals surface area (Å²) in [5.41, 5.74) is 0.703. The number of imidazole rings is 1. The summed E-state index contributed by atoms with van der Waals surface area (Å²) in [4.78, 5) is 20.2. The molecule has 1 fully saturated rings. The molecule has 1 amide bonds. The predicted octanol–water partition coefficient (Wildman–Crippen LogP) is 2.55. The summed E-state index contributed by atoms with van der Waals surface area (Å²) in [6, 6.07) is 3.69. The second kappa shape index (κ2) is 6.70. The van der Waals surface area contributed by atoms with Crippen molar-refractivity contribution in [3.05, 3.63) is 37.1 Å². The van der Waals surface area contributed by atoms with E-state index in [4.69, 9.17) is 4.74 Å². The van der Waals surface area contributed by atoms with E-state index < -0.39 is 0 Å². The third kappa shape index (κ3) is 3.71. The van der Waals surface area contributed by atoms with Crippen LogP contribution in [0.3, 0.4) is 0 Å². The minimum absolute atomic E-state index is 0.000309. The molecule has 22 heavy (non-hydrogen) atoms. The first-order valence-corrected chi connectivity index (χ1v) is 7.60. The number of aromatic nitrogens is 3. The molecule has 0 radical (unpaired) electrons. The van der Waals surface area contributed by atoms with Gasteiger partial charge in [0.2, 0.25) is 5.91 Å². The van der Waals surface area contributed by atoms with Crippen LogP contribution in [0, 0.1) is 0 Å². The highest BCUT2D eigenvalue weighted by molar-refractivity contribution is 5.90. The highest BCUT2D eigenvalue weighted by Crippen LogP contribution is 2.22. The van der Waals surface area contributed by atoms with Crippen molar-refractivity contribution in [3.8, 4) is 5.82 Å². The van der Waals surface area contributed by atoms with Gasteiger partial charge in [-0.05, 0) is 38.3 Å². The second-order valence-corrected chi connectivity index (χ2v) is 5.61. The number of rotatable bonds is 5. The number of hydrogen-bond acceptors (Lipinski definition) is 4. The lowest BCUT2D eigenvalue weighted by Gasteiger charge is -2.11. The van der Waals surface area contributed by atoms with Crippen molar-refractivity contribution in [1.82, 2.24) is 14.5 Å². The van der Waals surface area contributed by atoms with E-state index in [0.717, 1.165) is 25.1 Å². The number of carbonyl (C=O) groups excluding carboxylic acids is 1. The molecule has 2 atom stereocenters. The van der Waals surface area contributed by atoms with Gasteiger partial charge in [-0.1, -0.05) is 0 Å². The molecule has 0 aliphatic carbocycles. The summed E-state index contributed by atoms with van der Waals surface area (Å²) in [5.74, 6) is 0.768. The van der Waals surface area contributed by atoms with Gasteiger partial charge in [0.25, 0.3) is 0 Å². The molecule has 1 saturated heterocycles. The monoisotopic (exact) mass is 300 g/mol. The Balaban J connectivity index is 1.49. The third-order valence-electron chi connectivity index (χ3n) is 3.81. The fourth-order valence-electron chi connectivity index (χ4n) is 2.62. The standard InChI is InChI=1S/C16H20N4O2/c1-12-2-4-14(22-12)5-7-16(21)19-13-3-6-15(18-10-13)20-9-8-17-11-20/h3,6,8-12,14H,2,4-5,7H2,1H3,(H,19,21). The molecule has 6 heteroatoms. The minimum Gasteiger partial charge on any atom is -0.375 e. The van der Waals surface area contributed by atoms with Gasteiger partial charge in [0.05, 0.1) is 24.1 Å². The number of pyridine rings is 1. The molecular formula is C16H20N4O2. The summed E-state index contributed by atoms with van der Waals surface area (Å²) in [7, 11) is 0. The predicted molar refractivity (Wildman–Crippen MR) is 82.8 cm³/mol. The number of carbonyl (C=O) groups is 1. The molecular weight excluding hydrogens is 280 g/mol. The van der Waals surface area contributed by atoms with Crippen molar-refractivity contribution in [2.75, 3.05) is 5.32 Å². The van der Waals surface area contributed by atoms with Gasteiger partial charge >= 0.3 is 0 Å². The molecule has 2 aromatic rings. The molecule has 116 valence electrons. The minimum atomic E-state index is 0.000309. The zero-order valence-electron chi connectivity index (χ0n) is 12.6. The van der Waals surface area contributed by atoms with E-state index in [1.165, 1.54) is 0 Å². The zero-order valence-corrected chi connectivity index (χ0v) is 12.6. The first-order valence-electron chi connectivity index (χ1n) is 7.60. The lowest BCUT2D eigenvalue weighted by Crippen LogP contribution is -2.16. The largest absolute Gasteiger partial charge is 0.375 e.